The Bertz CT molecular complexity index is 303. The van der Waals surface area contributed by atoms with Crippen LogP contribution in [0.3, 0.4) is 0 Å². The van der Waals surface area contributed by atoms with Gasteiger partial charge >= 0.3 is 0 Å². The molecule has 1 aliphatic carbocycles. The molecule has 4 heteroatoms. The van der Waals surface area contributed by atoms with Gasteiger partial charge < -0.3 is 10.6 Å². The van der Waals surface area contributed by atoms with Crippen LogP contribution in [0.15, 0.2) is 0 Å². The van der Waals surface area contributed by atoms with Crippen molar-refractivity contribution in [3.05, 3.63) is 0 Å². The lowest BCUT2D eigenvalue weighted by atomic mass is 9.86. The van der Waals surface area contributed by atoms with Crippen molar-refractivity contribution in [1.82, 2.24) is 10.6 Å². The van der Waals surface area contributed by atoms with E-state index in [9.17, 15) is 0 Å². The van der Waals surface area contributed by atoms with Crippen LogP contribution in [-0.2, 0) is 0 Å². The van der Waals surface area contributed by atoms with Gasteiger partial charge in [-0.25, -0.2) is 0 Å². The summed E-state index contributed by atoms with van der Waals surface area (Å²) in [6.45, 7) is 0. The fourth-order valence-corrected chi connectivity index (χ4v) is 3.82. The summed E-state index contributed by atoms with van der Waals surface area (Å²) in [5.74, 6) is 0. The first-order valence-corrected chi connectivity index (χ1v) is 8.18. The number of hydrogen-bond donors (Lipinski definition) is 2. The van der Waals surface area contributed by atoms with Gasteiger partial charge in [-0.15, -0.1) is 0 Å². The van der Waals surface area contributed by atoms with Crippen LogP contribution in [0.25, 0.3) is 0 Å². The van der Waals surface area contributed by atoms with E-state index in [0.29, 0.717) is 0 Å². The van der Waals surface area contributed by atoms with Crippen molar-refractivity contribution in [2.24, 2.45) is 0 Å². The van der Waals surface area contributed by atoms with Crippen LogP contribution >= 0.6 is 24.4 Å². The molecule has 0 amide bonds. The molecular formula is C14H24N2S2. The summed E-state index contributed by atoms with van der Waals surface area (Å²) in [5.41, 5.74) is -0.0222. The average Bonchev–Trinajstić information content (AvgIpc) is 2.59. The first kappa shape index (κ1) is 14.2. The molecule has 2 N–H and O–H groups in total. The van der Waals surface area contributed by atoms with Crippen molar-refractivity contribution in [3.8, 4) is 0 Å². The maximum atomic E-state index is 5.51. The Balaban J connectivity index is 1.96. The van der Waals surface area contributed by atoms with E-state index in [1.165, 1.54) is 57.8 Å². The minimum atomic E-state index is -0.0222. The van der Waals surface area contributed by atoms with Gasteiger partial charge in [0.1, 0.15) is 4.99 Å². The molecule has 0 atom stereocenters. The summed E-state index contributed by atoms with van der Waals surface area (Å²) in [5, 5.41) is 7.32. The van der Waals surface area contributed by atoms with Crippen LogP contribution in [0.2, 0.25) is 0 Å². The lowest BCUT2D eigenvalue weighted by molar-refractivity contribution is 0.397. The van der Waals surface area contributed by atoms with Gasteiger partial charge in [-0.2, -0.15) is 0 Å². The minimum Gasteiger partial charge on any atom is -0.351 e. The second-order valence-electron chi connectivity index (χ2n) is 5.67. The zero-order valence-electron chi connectivity index (χ0n) is 11.1. The first-order valence-electron chi connectivity index (χ1n) is 7.37. The quantitative estimate of drug-likeness (QED) is 0.660. The third-order valence-electron chi connectivity index (χ3n) is 4.22. The van der Waals surface area contributed by atoms with E-state index in [1.54, 1.807) is 0 Å². The average molecular weight is 284 g/mol. The van der Waals surface area contributed by atoms with Crippen LogP contribution in [0.4, 0.5) is 0 Å². The fourth-order valence-electron chi connectivity index (χ4n) is 3.10. The standard InChI is InChI=1S/C14H24N2S2/c17-12-14(16-13(18)15-12)10-8-6-4-2-1-3-5-7-9-11-14/h1-11H2,(H2,15,16,17,18). The van der Waals surface area contributed by atoms with Crippen molar-refractivity contribution >= 4 is 34.5 Å². The SMILES string of the molecule is S=C1NC(=S)C2(CCCCCCCCCCC2)N1. The topological polar surface area (TPSA) is 24.1 Å². The summed E-state index contributed by atoms with van der Waals surface area (Å²) in [6.07, 6.45) is 14.4. The molecule has 18 heavy (non-hydrogen) atoms. The van der Waals surface area contributed by atoms with E-state index < -0.39 is 0 Å². The van der Waals surface area contributed by atoms with E-state index in [-0.39, 0.29) is 5.54 Å². The van der Waals surface area contributed by atoms with Crippen LogP contribution in [0.5, 0.6) is 0 Å². The number of hydrogen-bond acceptors (Lipinski definition) is 2. The highest BCUT2D eigenvalue weighted by Gasteiger charge is 2.39. The Hall–Kier alpha value is -0.220. The third-order valence-corrected chi connectivity index (χ3v) is 4.92. The summed E-state index contributed by atoms with van der Waals surface area (Å²) in [4.78, 5) is 0.935. The van der Waals surface area contributed by atoms with Gasteiger partial charge in [-0.3, -0.25) is 0 Å². The van der Waals surface area contributed by atoms with Gasteiger partial charge in [0, 0.05) is 0 Å². The highest BCUT2D eigenvalue weighted by atomic mass is 32.1. The fraction of sp³-hybridized carbons (Fsp3) is 0.857. The van der Waals surface area contributed by atoms with Gasteiger partial charge in [0.25, 0.3) is 0 Å². The van der Waals surface area contributed by atoms with E-state index >= 15 is 0 Å². The highest BCUT2D eigenvalue weighted by Crippen LogP contribution is 2.28. The lowest BCUT2D eigenvalue weighted by Crippen LogP contribution is -2.46. The van der Waals surface area contributed by atoms with Gasteiger partial charge in [-0.05, 0) is 25.1 Å². The summed E-state index contributed by atoms with van der Waals surface area (Å²) < 4.78 is 0. The molecule has 0 aromatic carbocycles. The maximum Gasteiger partial charge on any atom is 0.172 e. The molecule has 0 bridgehead atoms. The number of thiocarbonyl (C=S) groups is 2. The smallest absolute Gasteiger partial charge is 0.172 e. The predicted octanol–water partition coefficient (Wildman–Crippen LogP) is 3.84. The molecule has 0 aromatic rings. The minimum absolute atomic E-state index is 0.0222. The second kappa shape index (κ2) is 6.80. The van der Waals surface area contributed by atoms with Gasteiger partial charge in [0.2, 0.25) is 0 Å². The Labute approximate surface area is 121 Å². The second-order valence-corrected chi connectivity index (χ2v) is 6.49. The van der Waals surface area contributed by atoms with E-state index in [1.807, 2.05) is 0 Å². The summed E-state index contributed by atoms with van der Waals surface area (Å²) in [6, 6.07) is 0. The van der Waals surface area contributed by atoms with Crippen LogP contribution < -0.4 is 10.6 Å². The van der Waals surface area contributed by atoms with Gasteiger partial charge in [-0.1, -0.05) is 70.0 Å². The number of rotatable bonds is 0. The molecule has 2 fully saturated rings. The molecule has 1 heterocycles. The molecular weight excluding hydrogens is 260 g/mol. The molecule has 2 nitrogen and oxygen atoms in total. The van der Waals surface area contributed by atoms with Gasteiger partial charge in [0.15, 0.2) is 5.11 Å². The third kappa shape index (κ3) is 3.64. The van der Waals surface area contributed by atoms with E-state index in [2.05, 4.69) is 10.6 Å². The molecule has 0 radical (unpaired) electrons. The molecule has 2 aliphatic rings. The molecule has 102 valence electrons. The molecule has 1 saturated heterocycles. The van der Waals surface area contributed by atoms with Crippen LogP contribution in [0.1, 0.15) is 70.6 Å². The largest absolute Gasteiger partial charge is 0.351 e. The highest BCUT2D eigenvalue weighted by molar-refractivity contribution is 7.82. The predicted molar refractivity (Wildman–Crippen MR) is 85.0 cm³/mol. The van der Waals surface area contributed by atoms with Crippen LogP contribution in [-0.4, -0.2) is 15.6 Å². The monoisotopic (exact) mass is 284 g/mol. The maximum absolute atomic E-state index is 5.51. The van der Waals surface area contributed by atoms with Crippen molar-refractivity contribution in [2.75, 3.05) is 0 Å². The van der Waals surface area contributed by atoms with Crippen LogP contribution in [0, 0.1) is 0 Å². The van der Waals surface area contributed by atoms with Crippen molar-refractivity contribution in [3.63, 3.8) is 0 Å². The molecule has 1 saturated carbocycles. The van der Waals surface area contributed by atoms with Crippen molar-refractivity contribution < 1.29 is 0 Å². The number of nitrogens with one attached hydrogen (secondary N) is 2. The molecule has 1 spiro atoms. The molecule has 2 rings (SSSR count). The molecule has 1 aliphatic heterocycles. The molecule has 0 unspecified atom stereocenters. The zero-order valence-corrected chi connectivity index (χ0v) is 12.7. The van der Waals surface area contributed by atoms with Crippen molar-refractivity contribution in [2.45, 2.75) is 76.2 Å². The lowest BCUT2D eigenvalue weighted by Gasteiger charge is -2.29. The van der Waals surface area contributed by atoms with Gasteiger partial charge in [0.05, 0.1) is 5.54 Å². The summed E-state index contributed by atoms with van der Waals surface area (Å²) >= 11 is 10.7. The normalized spacial score (nSPS) is 26.0. The van der Waals surface area contributed by atoms with E-state index in [4.69, 9.17) is 24.4 Å². The zero-order chi connectivity index (χ0) is 12.8. The first-order chi connectivity index (χ1) is 8.73. The molecule has 0 aromatic heterocycles. The van der Waals surface area contributed by atoms with Crippen molar-refractivity contribution in [1.29, 1.82) is 0 Å². The Morgan fingerprint density at radius 1 is 0.722 bits per heavy atom. The summed E-state index contributed by atoms with van der Waals surface area (Å²) in [7, 11) is 0. The Kier molecular flexibility index (Phi) is 5.37. The van der Waals surface area contributed by atoms with E-state index in [0.717, 1.165) is 22.9 Å². The Morgan fingerprint density at radius 2 is 1.17 bits per heavy atom. The Morgan fingerprint density at radius 3 is 1.56 bits per heavy atom.